The molecule has 152 valence electrons. The van der Waals surface area contributed by atoms with E-state index in [-0.39, 0.29) is 5.25 Å². The van der Waals surface area contributed by atoms with Gasteiger partial charge in [-0.05, 0) is 49.6 Å². The molecule has 29 heavy (non-hydrogen) atoms. The van der Waals surface area contributed by atoms with Crippen LogP contribution in [-0.2, 0) is 16.3 Å². The summed E-state index contributed by atoms with van der Waals surface area (Å²) in [5.74, 6) is 0. The highest BCUT2D eigenvalue weighted by Gasteiger charge is 2.32. The van der Waals surface area contributed by atoms with Gasteiger partial charge in [-0.25, -0.2) is 13.4 Å². The van der Waals surface area contributed by atoms with E-state index in [4.69, 9.17) is 16.6 Å². The molecular weight excluding hydrogens is 424 g/mol. The number of aromatic nitrogens is 1. The number of sulfone groups is 1. The second-order valence-electron chi connectivity index (χ2n) is 7.47. The zero-order chi connectivity index (χ0) is 20.4. The molecule has 1 aromatic heterocycles. The number of piperidine rings is 1. The van der Waals surface area contributed by atoms with Gasteiger partial charge in [0, 0.05) is 29.9 Å². The van der Waals surface area contributed by atoms with Crippen molar-refractivity contribution in [2.75, 3.05) is 18.0 Å². The molecule has 0 bridgehead atoms. The van der Waals surface area contributed by atoms with Crippen molar-refractivity contribution in [3.05, 3.63) is 75.8 Å². The Morgan fingerprint density at radius 2 is 1.72 bits per heavy atom. The molecule has 0 N–H and O–H groups in total. The van der Waals surface area contributed by atoms with Crippen molar-refractivity contribution in [2.45, 2.75) is 36.3 Å². The van der Waals surface area contributed by atoms with Crippen molar-refractivity contribution >= 4 is 37.9 Å². The van der Waals surface area contributed by atoms with Crippen molar-refractivity contribution in [3.63, 3.8) is 0 Å². The van der Waals surface area contributed by atoms with Crippen LogP contribution < -0.4 is 4.90 Å². The molecule has 0 radical (unpaired) electrons. The van der Waals surface area contributed by atoms with Gasteiger partial charge in [-0.1, -0.05) is 41.4 Å². The Morgan fingerprint density at radius 3 is 2.38 bits per heavy atom. The first-order valence-corrected chi connectivity index (χ1v) is 12.5. The number of hydrogen-bond donors (Lipinski definition) is 0. The molecule has 1 aliphatic rings. The molecule has 0 unspecified atom stereocenters. The number of aryl methyl sites for hydroxylation is 1. The second kappa shape index (κ2) is 8.46. The van der Waals surface area contributed by atoms with Crippen LogP contribution in [0.5, 0.6) is 0 Å². The van der Waals surface area contributed by atoms with E-state index in [1.807, 2.05) is 43.3 Å². The van der Waals surface area contributed by atoms with Crippen molar-refractivity contribution in [2.24, 2.45) is 0 Å². The molecule has 3 aromatic rings. The van der Waals surface area contributed by atoms with Crippen LogP contribution in [-0.4, -0.2) is 31.7 Å². The summed E-state index contributed by atoms with van der Waals surface area (Å²) in [5, 5.41) is 3.46. The quantitative estimate of drug-likeness (QED) is 0.544. The number of rotatable bonds is 5. The number of hydrogen-bond acceptors (Lipinski definition) is 5. The predicted molar refractivity (Wildman–Crippen MR) is 120 cm³/mol. The lowest BCUT2D eigenvalue weighted by Crippen LogP contribution is -2.39. The Bertz CT molecular complexity index is 1070. The van der Waals surface area contributed by atoms with Crippen LogP contribution in [0, 0.1) is 6.92 Å². The van der Waals surface area contributed by atoms with Gasteiger partial charge >= 0.3 is 0 Å². The Kier molecular flexibility index (Phi) is 5.95. The molecular formula is C22H23ClN2O2S2. The minimum atomic E-state index is -3.28. The average Bonchev–Trinajstić information content (AvgIpc) is 3.19. The number of benzene rings is 2. The maximum Gasteiger partial charge on any atom is 0.185 e. The SMILES string of the molecule is Cc1ccc(S(=O)(=O)C2CCN(c3nc(Cc4ccc(Cl)cc4)cs3)CC2)cc1. The molecule has 2 heterocycles. The average molecular weight is 447 g/mol. The first-order chi connectivity index (χ1) is 13.9. The molecule has 0 aliphatic carbocycles. The molecule has 0 saturated carbocycles. The van der Waals surface area contributed by atoms with Gasteiger partial charge < -0.3 is 4.90 Å². The van der Waals surface area contributed by atoms with Crippen LogP contribution >= 0.6 is 22.9 Å². The topological polar surface area (TPSA) is 50.3 Å². The van der Waals surface area contributed by atoms with E-state index in [0.717, 1.165) is 27.8 Å². The van der Waals surface area contributed by atoms with Gasteiger partial charge in [-0.15, -0.1) is 11.3 Å². The molecule has 7 heteroatoms. The standard InChI is InChI=1S/C22H23ClN2O2S2/c1-16-2-8-20(9-3-16)29(26,27)21-10-12-25(13-11-21)22-24-19(15-28-22)14-17-4-6-18(23)7-5-17/h2-9,15,21H,10-14H2,1H3. The lowest BCUT2D eigenvalue weighted by atomic mass is 10.1. The largest absolute Gasteiger partial charge is 0.348 e. The first kappa shape index (κ1) is 20.4. The smallest absolute Gasteiger partial charge is 0.185 e. The van der Waals surface area contributed by atoms with Gasteiger partial charge in [0.15, 0.2) is 15.0 Å². The highest BCUT2D eigenvalue weighted by atomic mass is 35.5. The Morgan fingerprint density at radius 1 is 1.07 bits per heavy atom. The summed E-state index contributed by atoms with van der Waals surface area (Å²) < 4.78 is 25.9. The zero-order valence-electron chi connectivity index (χ0n) is 16.2. The van der Waals surface area contributed by atoms with Gasteiger partial charge in [0.25, 0.3) is 0 Å². The molecule has 0 atom stereocenters. The lowest BCUT2D eigenvalue weighted by molar-refractivity contribution is 0.529. The third-order valence-electron chi connectivity index (χ3n) is 5.34. The van der Waals surface area contributed by atoms with Gasteiger partial charge in [-0.3, -0.25) is 0 Å². The van der Waals surface area contributed by atoms with Crippen LogP contribution in [0.25, 0.3) is 0 Å². The van der Waals surface area contributed by atoms with Gasteiger partial charge in [0.2, 0.25) is 0 Å². The van der Waals surface area contributed by atoms with E-state index < -0.39 is 9.84 Å². The molecule has 1 aliphatic heterocycles. The monoisotopic (exact) mass is 446 g/mol. The molecule has 0 amide bonds. The Labute approximate surface area is 181 Å². The normalized spacial score (nSPS) is 15.6. The summed E-state index contributed by atoms with van der Waals surface area (Å²) in [5.41, 5.74) is 3.27. The van der Waals surface area contributed by atoms with E-state index in [1.165, 1.54) is 5.56 Å². The maximum absolute atomic E-state index is 12.9. The van der Waals surface area contributed by atoms with Crippen LogP contribution in [0.4, 0.5) is 5.13 Å². The van der Waals surface area contributed by atoms with E-state index in [1.54, 1.807) is 23.5 Å². The maximum atomic E-state index is 12.9. The van der Waals surface area contributed by atoms with Crippen LogP contribution in [0.1, 0.15) is 29.7 Å². The first-order valence-electron chi connectivity index (χ1n) is 9.66. The molecule has 1 saturated heterocycles. The third-order valence-corrected chi connectivity index (χ3v) is 8.82. The number of anilines is 1. The van der Waals surface area contributed by atoms with Gasteiger partial charge in [0.1, 0.15) is 0 Å². The van der Waals surface area contributed by atoms with E-state index >= 15 is 0 Å². The van der Waals surface area contributed by atoms with Crippen LogP contribution in [0.2, 0.25) is 5.02 Å². The molecule has 4 nitrogen and oxygen atoms in total. The molecule has 0 spiro atoms. The van der Waals surface area contributed by atoms with Crippen molar-refractivity contribution < 1.29 is 8.42 Å². The van der Waals surface area contributed by atoms with E-state index in [2.05, 4.69) is 10.3 Å². The highest BCUT2D eigenvalue weighted by Crippen LogP contribution is 2.29. The number of nitrogens with zero attached hydrogens (tertiary/aromatic N) is 2. The summed E-state index contributed by atoms with van der Waals surface area (Å²) in [6, 6.07) is 15.0. The van der Waals surface area contributed by atoms with Crippen LogP contribution in [0.15, 0.2) is 58.8 Å². The second-order valence-corrected chi connectivity index (χ2v) is 11.0. The summed E-state index contributed by atoms with van der Waals surface area (Å²) in [6.07, 6.45) is 2.02. The van der Waals surface area contributed by atoms with Crippen LogP contribution in [0.3, 0.4) is 0 Å². The van der Waals surface area contributed by atoms with E-state index in [9.17, 15) is 8.42 Å². The van der Waals surface area contributed by atoms with E-state index in [0.29, 0.717) is 30.8 Å². The minimum Gasteiger partial charge on any atom is -0.348 e. The lowest BCUT2D eigenvalue weighted by Gasteiger charge is -2.31. The summed E-state index contributed by atoms with van der Waals surface area (Å²) >= 11 is 7.57. The van der Waals surface area contributed by atoms with Crippen molar-refractivity contribution in [1.82, 2.24) is 4.98 Å². The molecule has 4 rings (SSSR count). The molecule has 1 fully saturated rings. The van der Waals surface area contributed by atoms with Gasteiger partial charge in [0.05, 0.1) is 15.8 Å². The molecule has 2 aromatic carbocycles. The zero-order valence-corrected chi connectivity index (χ0v) is 18.6. The summed E-state index contributed by atoms with van der Waals surface area (Å²) in [4.78, 5) is 7.41. The summed E-state index contributed by atoms with van der Waals surface area (Å²) in [7, 11) is -3.28. The Balaban J connectivity index is 1.39. The fourth-order valence-corrected chi connectivity index (χ4v) is 6.35. The fraction of sp³-hybridized carbons (Fsp3) is 0.318. The summed E-state index contributed by atoms with van der Waals surface area (Å²) in [6.45, 7) is 3.39. The highest BCUT2D eigenvalue weighted by molar-refractivity contribution is 7.92. The number of halogens is 1. The predicted octanol–water partition coefficient (Wildman–Crippen LogP) is 5.14. The van der Waals surface area contributed by atoms with Crippen molar-refractivity contribution in [1.29, 1.82) is 0 Å². The third kappa shape index (κ3) is 4.65. The van der Waals surface area contributed by atoms with Crippen molar-refractivity contribution in [3.8, 4) is 0 Å². The number of thiazole rings is 1. The van der Waals surface area contributed by atoms with Gasteiger partial charge in [-0.2, -0.15) is 0 Å². The fourth-order valence-electron chi connectivity index (χ4n) is 3.61. The minimum absolute atomic E-state index is 0.324. The Hall–Kier alpha value is -1.89.